The molecule has 0 bridgehead atoms. The van der Waals surface area contributed by atoms with E-state index >= 15 is 0 Å². The fraction of sp³-hybridized carbons (Fsp3) is 0.632. The number of benzene rings is 1. The second-order valence-corrected chi connectivity index (χ2v) is 7.84. The molecule has 5 nitrogen and oxygen atoms in total. The number of halogens is 1. The zero-order chi connectivity index (χ0) is 18.0. The Morgan fingerprint density at radius 1 is 1.24 bits per heavy atom. The molecule has 0 spiro atoms. The van der Waals surface area contributed by atoms with Crippen molar-refractivity contribution in [3.63, 3.8) is 0 Å². The molecular formula is C19H29ClN4O. The summed E-state index contributed by atoms with van der Waals surface area (Å²) in [5.41, 5.74) is 1.13. The van der Waals surface area contributed by atoms with E-state index in [9.17, 15) is 4.79 Å². The summed E-state index contributed by atoms with van der Waals surface area (Å²) in [6.07, 6.45) is 0. The number of anilines is 1. The highest BCUT2D eigenvalue weighted by molar-refractivity contribution is 6.30. The minimum Gasteiger partial charge on any atom is -0.368 e. The van der Waals surface area contributed by atoms with E-state index in [1.54, 1.807) is 0 Å². The van der Waals surface area contributed by atoms with Gasteiger partial charge in [-0.3, -0.25) is 9.69 Å². The lowest BCUT2D eigenvalue weighted by Gasteiger charge is -2.44. The fourth-order valence-corrected chi connectivity index (χ4v) is 3.98. The first-order chi connectivity index (χ1) is 12.0. The molecule has 2 unspecified atom stereocenters. The predicted molar refractivity (Wildman–Crippen MR) is 103 cm³/mol. The number of hydrogen-bond acceptors (Lipinski definition) is 4. The number of carbonyl (C=O) groups excluding carboxylic acids is 1. The third kappa shape index (κ3) is 4.27. The zero-order valence-corrected chi connectivity index (χ0v) is 16.2. The summed E-state index contributed by atoms with van der Waals surface area (Å²) in [6.45, 7) is 11.7. The summed E-state index contributed by atoms with van der Waals surface area (Å²) >= 11 is 6.12. The molecule has 25 heavy (non-hydrogen) atoms. The van der Waals surface area contributed by atoms with E-state index in [2.05, 4.69) is 42.0 Å². The van der Waals surface area contributed by atoms with Crippen LogP contribution in [-0.2, 0) is 4.79 Å². The van der Waals surface area contributed by atoms with Crippen molar-refractivity contribution in [3.05, 3.63) is 29.3 Å². The van der Waals surface area contributed by atoms with Gasteiger partial charge >= 0.3 is 0 Å². The maximum atomic E-state index is 13.0. The lowest BCUT2D eigenvalue weighted by Crippen LogP contribution is -2.63. The summed E-state index contributed by atoms with van der Waals surface area (Å²) in [7, 11) is 0. The number of hydrogen-bond donors (Lipinski definition) is 1. The standard InChI is InChI=1S/C19H29ClN4O/c1-14(2)22-8-7-21-18(13-22)19(25)24-10-9-23(12-15(24)3)17-6-4-5-16(20)11-17/h4-6,11,14-15,18,21H,7-10,12-13H2,1-3H3. The Hall–Kier alpha value is -1.30. The topological polar surface area (TPSA) is 38.8 Å². The monoisotopic (exact) mass is 364 g/mol. The van der Waals surface area contributed by atoms with Gasteiger partial charge < -0.3 is 15.1 Å². The molecule has 1 aromatic carbocycles. The fourth-order valence-electron chi connectivity index (χ4n) is 3.80. The van der Waals surface area contributed by atoms with Gasteiger partial charge in [-0.15, -0.1) is 0 Å². The average Bonchev–Trinajstić information content (AvgIpc) is 2.61. The first-order valence-electron chi connectivity index (χ1n) is 9.24. The van der Waals surface area contributed by atoms with Crippen LogP contribution in [0.2, 0.25) is 5.02 Å². The van der Waals surface area contributed by atoms with Gasteiger partial charge in [-0.05, 0) is 39.0 Å². The number of amides is 1. The number of nitrogens with zero attached hydrogens (tertiary/aromatic N) is 3. The minimum atomic E-state index is -0.0867. The van der Waals surface area contributed by atoms with Gasteiger partial charge in [0.05, 0.1) is 6.04 Å². The first-order valence-corrected chi connectivity index (χ1v) is 9.62. The molecule has 2 heterocycles. The summed E-state index contributed by atoms with van der Waals surface area (Å²) in [4.78, 5) is 19.8. The molecule has 2 aliphatic rings. The zero-order valence-electron chi connectivity index (χ0n) is 15.4. The van der Waals surface area contributed by atoms with Crippen molar-refractivity contribution in [3.8, 4) is 0 Å². The highest BCUT2D eigenvalue weighted by Gasteiger charge is 2.34. The molecule has 1 N–H and O–H groups in total. The van der Waals surface area contributed by atoms with Crippen LogP contribution in [0.1, 0.15) is 20.8 Å². The normalized spacial score (nSPS) is 25.5. The van der Waals surface area contributed by atoms with Crippen LogP contribution in [0.25, 0.3) is 0 Å². The second kappa shape index (κ2) is 7.94. The number of rotatable bonds is 3. The molecule has 2 saturated heterocycles. The largest absolute Gasteiger partial charge is 0.368 e. The van der Waals surface area contributed by atoms with Crippen molar-refractivity contribution in [2.45, 2.75) is 38.9 Å². The highest BCUT2D eigenvalue weighted by Crippen LogP contribution is 2.23. The Balaban J connectivity index is 1.62. The molecule has 0 aliphatic carbocycles. The van der Waals surface area contributed by atoms with Gasteiger partial charge in [-0.1, -0.05) is 17.7 Å². The van der Waals surface area contributed by atoms with Crippen molar-refractivity contribution in [2.75, 3.05) is 44.2 Å². The molecule has 2 atom stereocenters. The van der Waals surface area contributed by atoms with Gasteiger partial charge in [0.15, 0.2) is 0 Å². The Labute approximate surface area is 155 Å². The Kier molecular flexibility index (Phi) is 5.87. The van der Waals surface area contributed by atoms with Crippen molar-refractivity contribution < 1.29 is 4.79 Å². The lowest BCUT2D eigenvalue weighted by atomic mass is 10.1. The molecule has 0 saturated carbocycles. The Morgan fingerprint density at radius 2 is 2.04 bits per heavy atom. The summed E-state index contributed by atoms with van der Waals surface area (Å²) in [6, 6.07) is 8.53. The SMILES string of the molecule is CC(C)N1CCNC(C(=O)N2CCN(c3cccc(Cl)c3)CC2C)C1. The molecule has 1 aromatic rings. The van der Waals surface area contributed by atoms with E-state index in [1.165, 1.54) is 0 Å². The van der Waals surface area contributed by atoms with Crippen molar-refractivity contribution >= 4 is 23.2 Å². The van der Waals surface area contributed by atoms with Crippen LogP contribution >= 0.6 is 11.6 Å². The van der Waals surface area contributed by atoms with Crippen LogP contribution in [0.5, 0.6) is 0 Å². The van der Waals surface area contributed by atoms with E-state index in [-0.39, 0.29) is 18.0 Å². The van der Waals surface area contributed by atoms with Crippen LogP contribution in [0.3, 0.4) is 0 Å². The quantitative estimate of drug-likeness (QED) is 0.891. The molecule has 3 rings (SSSR count). The van der Waals surface area contributed by atoms with Crippen molar-refractivity contribution in [2.24, 2.45) is 0 Å². The van der Waals surface area contributed by atoms with E-state index in [4.69, 9.17) is 11.6 Å². The molecular weight excluding hydrogens is 336 g/mol. The van der Waals surface area contributed by atoms with Gasteiger partial charge in [0.2, 0.25) is 5.91 Å². The van der Waals surface area contributed by atoms with Gasteiger partial charge in [0.1, 0.15) is 0 Å². The van der Waals surface area contributed by atoms with Crippen LogP contribution in [0.4, 0.5) is 5.69 Å². The third-order valence-electron chi connectivity index (χ3n) is 5.32. The molecule has 1 amide bonds. The molecule has 2 aliphatic heterocycles. The van der Waals surface area contributed by atoms with Crippen LogP contribution < -0.4 is 10.2 Å². The van der Waals surface area contributed by atoms with E-state index < -0.39 is 0 Å². The van der Waals surface area contributed by atoms with Gasteiger partial charge in [0.25, 0.3) is 0 Å². The third-order valence-corrected chi connectivity index (χ3v) is 5.55. The predicted octanol–water partition coefficient (Wildman–Crippen LogP) is 2.06. The van der Waals surface area contributed by atoms with E-state index in [0.717, 1.165) is 50.0 Å². The Morgan fingerprint density at radius 3 is 2.72 bits per heavy atom. The summed E-state index contributed by atoms with van der Waals surface area (Å²) in [5.74, 6) is 0.239. The smallest absolute Gasteiger partial charge is 0.241 e. The summed E-state index contributed by atoms with van der Waals surface area (Å²) < 4.78 is 0. The molecule has 138 valence electrons. The number of piperazine rings is 2. The van der Waals surface area contributed by atoms with E-state index in [0.29, 0.717) is 6.04 Å². The van der Waals surface area contributed by atoms with Crippen molar-refractivity contribution in [1.82, 2.24) is 15.1 Å². The summed E-state index contributed by atoms with van der Waals surface area (Å²) in [5, 5.41) is 4.16. The number of nitrogens with one attached hydrogen (secondary N) is 1. The second-order valence-electron chi connectivity index (χ2n) is 7.40. The van der Waals surface area contributed by atoms with Crippen molar-refractivity contribution in [1.29, 1.82) is 0 Å². The van der Waals surface area contributed by atoms with E-state index in [1.807, 2.05) is 23.1 Å². The first kappa shape index (κ1) is 18.5. The number of carbonyl (C=O) groups is 1. The van der Waals surface area contributed by atoms with Gasteiger partial charge in [-0.2, -0.15) is 0 Å². The van der Waals surface area contributed by atoms with Gasteiger partial charge in [-0.25, -0.2) is 0 Å². The lowest BCUT2D eigenvalue weighted by molar-refractivity contribution is -0.137. The maximum absolute atomic E-state index is 13.0. The van der Waals surface area contributed by atoms with Crippen LogP contribution in [0.15, 0.2) is 24.3 Å². The minimum absolute atomic E-state index is 0.0867. The molecule has 0 radical (unpaired) electrons. The molecule has 0 aromatic heterocycles. The van der Waals surface area contributed by atoms with Crippen LogP contribution in [0, 0.1) is 0 Å². The molecule has 6 heteroatoms. The Bertz CT molecular complexity index is 609. The molecule has 2 fully saturated rings. The average molecular weight is 365 g/mol. The van der Waals surface area contributed by atoms with Crippen LogP contribution in [-0.4, -0.2) is 73.1 Å². The maximum Gasteiger partial charge on any atom is 0.241 e. The van der Waals surface area contributed by atoms with Gasteiger partial charge in [0, 0.05) is 62.1 Å². The highest BCUT2D eigenvalue weighted by atomic mass is 35.5.